The number of aromatic nitrogens is 3. The van der Waals surface area contributed by atoms with Crippen LogP contribution >= 0.6 is 0 Å². The minimum absolute atomic E-state index is 0.227. The van der Waals surface area contributed by atoms with Crippen LogP contribution in [0.15, 0.2) is 22.9 Å². The minimum atomic E-state index is 0.227. The van der Waals surface area contributed by atoms with Gasteiger partial charge in [-0.1, -0.05) is 18.0 Å². The van der Waals surface area contributed by atoms with Crippen LogP contribution in [0.3, 0.4) is 0 Å². The van der Waals surface area contributed by atoms with E-state index in [4.69, 9.17) is 4.52 Å². The number of hydrogen-bond acceptors (Lipinski definition) is 4. The molecule has 20 heavy (non-hydrogen) atoms. The summed E-state index contributed by atoms with van der Waals surface area (Å²) < 4.78 is 5.46. The van der Waals surface area contributed by atoms with Crippen molar-refractivity contribution < 1.29 is 4.52 Å². The van der Waals surface area contributed by atoms with E-state index < -0.39 is 0 Å². The predicted molar refractivity (Wildman–Crippen MR) is 74.9 cm³/mol. The molecule has 1 aliphatic carbocycles. The van der Waals surface area contributed by atoms with E-state index in [9.17, 15) is 0 Å². The molecule has 106 valence electrons. The standard InChI is InChI=1S/C15H20N4O/c1-2-5-11-10(4-1)7-8-13(17-11)15-18-14(19-20-15)12-6-3-9-16-12/h3,6,9-11,13,16-17H,1-2,4-5,7-8H2. The molecule has 5 nitrogen and oxygen atoms in total. The smallest absolute Gasteiger partial charge is 0.244 e. The molecule has 3 heterocycles. The van der Waals surface area contributed by atoms with Gasteiger partial charge in [0.2, 0.25) is 11.7 Å². The average Bonchev–Trinajstić information content (AvgIpc) is 3.17. The lowest BCUT2D eigenvalue weighted by molar-refractivity contribution is 0.158. The summed E-state index contributed by atoms with van der Waals surface area (Å²) in [5, 5.41) is 7.80. The maximum absolute atomic E-state index is 5.46. The third-order valence-corrected chi connectivity index (χ3v) is 4.73. The monoisotopic (exact) mass is 272 g/mol. The Morgan fingerprint density at radius 1 is 1.15 bits per heavy atom. The van der Waals surface area contributed by atoms with Crippen molar-refractivity contribution in [2.75, 3.05) is 0 Å². The van der Waals surface area contributed by atoms with E-state index >= 15 is 0 Å². The fourth-order valence-electron chi connectivity index (χ4n) is 3.65. The zero-order chi connectivity index (χ0) is 13.4. The maximum Gasteiger partial charge on any atom is 0.244 e. The van der Waals surface area contributed by atoms with Gasteiger partial charge in [-0.2, -0.15) is 4.98 Å². The van der Waals surface area contributed by atoms with Crippen molar-refractivity contribution in [1.82, 2.24) is 20.4 Å². The molecule has 2 aromatic heterocycles. The van der Waals surface area contributed by atoms with Gasteiger partial charge < -0.3 is 14.8 Å². The molecule has 2 fully saturated rings. The van der Waals surface area contributed by atoms with Crippen LogP contribution < -0.4 is 5.32 Å². The van der Waals surface area contributed by atoms with Crippen LogP contribution in [0.1, 0.15) is 50.5 Å². The second kappa shape index (κ2) is 5.05. The molecule has 1 aliphatic heterocycles. The normalized spacial score (nSPS) is 30.1. The van der Waals surface area contributed by atoms with Gasteiger partial charge in [-0.05, 0) is 43.7 Å². The van der Waals surface area contributed by atoms with Crippen LogP contribution in [-0.4, -0.2) is 21.2 Å². The molecule has 5 heteroatoms. The first kappa shape index (κ1) is 12.1. The molecule has 3 atom stereocenters. The summed E-state index contributed by atoms with van der Waals surface area (Å²) in [6, 6.07) is 4.77. The highest BCUT2D eigenvalue weighted by molar-refractivity contribution is 5.47. The summed E-state index contributed by atoms with van der Waals surface area (Å²) in [6.07, 6.45) is 9.66. The van der Waals surface area contributed by atoms with Crippen molar-refractivity contribution in [1.29, 1.82) is 0 Å². The Hall–Kier alpha value is -1.62. The van der Waals surface area contributed by atoms with E-state index in [1.54, 1.807) is 0 Å². The topological polar surface area (TPSA) is 66.7 Å². The largest absolute Gasteiger partial charge is 0.359 e. The number of fused-ring (bicyclic) bond motifs is 1. The molecule has 0 bridgehead atoms. The van der Waals surface area contributed by atoms with Gasteiger partial charge in [0, 0.05) is 12.2 Å². The Morgan fingerprint density at radius 3 is 3.00 bits per heavy atom. The number of rotatable bonds is 2. The van der Waals surface area contributed by atoms with Crippen molar-refractivity contribution >= 4 is 0 Å². The summed E-state index contributed by atoms with van der Waals surface area (Å²) in [7, 11) is 0. The predicted octanol–water partition coefficient (Wildman–Crippen LogP) is 3.05. The highest BCUT2D eigenvalue weighted by Gasteiger charge is 2.34. The third-order valence-electron chi connectivity index (χ3n) is 4.73. The molecule has 0 amide bonds. The van der Waals surface area contributed by atoms with Gasteiger partial charge in [-0.3, -0.25) is 0 Å². The van der Waals surface area contributed by atoms with Crippen LogP contribution in [0.2, 0.25) is 0 Å². The van der Waals surface area contributed by atoms with Crippen molar-refractivity contribution in [3.05, 3.63) is 24.2 Å². The summed E-state index contributed by atoms with van der Waals surface area (Å²) in [5.41, 5.74) is 0.909. The molecule has 2 N–H and O–H groups in total. The molecule has 0 spiro atoms. The summed E-state index contributed by atoms with van der Waals surface area (Å²) in [6.45, 7) is 0. The van der Waals surface area contributed by atoms with Crippen LogP contribution in [0.4, 0.5) is 0 Å². The van der Waals surface area contributed by atoms with E-state index in [0.717, 1.165) is 23.9 Å². The summed E-state index contributed by atoms with van der Waals surface area (Å²) >= 11 is 0. The van der Waals surface area contributed by atoms with E-state index in [1.165, 1.54) is 32.1 Å². The fourth-order valence-corrected chi connectivity index (χ4v) is 3.65. The Morgan fingerprint density at radius 2 is 2.10 bits per heavy atom. The van der Waals surface area contributed by atoms with Crippen molar-refractivity contribution in [3.63, 3.8) is 0 Å². The van der Waals surface area contributed by atoms with Crippen molar-refractivity contribution in [2.24, 2.45) is 5.92 Å². The SMILES string of the molecule is c1c[nH]c(-c2noc(C3CCC4CCCCC4N3)n2)c1. The van der Waals surface area contributed by atoms with Gasteiger partial charge in [0.05, 0.1) is 11.7 Å². The first-order chi connectivity index (χ1) is 9.90. The van der Waals surface area contributed by atoms with Gasteiger partial charge in [0.25, 0.3) is 0 Å². The van der Waals surface area contributed by atoms with Gasteiger partial charge in [0.15, 0.2) is 0 Å². The average molecular weight is 272 g/mol. The Bertz CT molecular complexity index is 562. The molecule has 4 rings (SSSR count). The van der Waals surface area contributed by atoms with Gasteiger partial charge in [0.1, 0.15) is 0 Å². The van der Waals surface area contributed by atoms with Crippen LogP contribution in [0.25, 0.3) is 11.5 Å². The molecule has 1 saturated carbocycles. The lowest BCUT2D eigenvalue weighted by Crippen LogP contribution is -2.44. The van der Waals surface area contributed by atoms with E-state index in [1.807, 2.05) is 18.3 Å². The van der Waals surface area contributed by atoms with E-state index in [2.05, 4.69) is 20.4 Å². The molecule has 2 aromatic rings. The maximum atomic E-state index is 5.46. The molecule has 3 unspecified atom stereocenters. The second-order valence-electron chi connectivity index (χ2n) is 5.99. The van der Waals surface area contributed by atoms with E-state index in [-0.39, 0.29) is 6.04 Å². The third kappa shape index (κ3) is 2.16. The zero-order valence-electron chi connectivity index (χ0n) is 11.5. The second-order valence-corrected chi connectivity index (χ2v) is 5.99. The molecule has 0 radical (unpaired) electrons. The highest BCUT2D eigenvalue weighted by atomic mass is 16.5. The van der Waals surface area contributed by atoms with E-state index in [0.29, 0.717) is 11.9 Å². The number of nitrogens with zero attached hydrogens (tertiary/aromatic N) is 2. The van der Waals surface area contributed by atoms with Crippen LogP contribution in [0.5, 0.6) is 0 Å². The molecular weight excluding hydrogens is 252 g/mol. The molecule has 1 saturated heterocycles. The highest BCUT2D eigenvalue weighted by Crippen LogP contribution is 2.36. The molecular formula is C15H20N4O. The first-order valence-corrected chi connectivity index (χ1v) is 7.63. The quantitative estimate of drug-likeness (QED) is 0.881. The lowest BCUT2D eigenvalue weighted by Gasteiger charge is -2.39. The number of aromatic amines is 1. The first-order valence-electron chi connectivity index (χ1n) is 7.63. The van der Waals surface area contributed by atoms with Crippen molar-refractivity contribution in [3.8, 4) is 11.5 Å². The summed E-state index contributed by atoms with van der Waals surface area (Å²) in [5.74, 6) is 2.24. The Labute approximate surface area is 118 Å². The fraction of sp³-hybridized carbons (Fsp3) is 0.600. The van der Waals surface area contributed by atoms with Gasteiger partial charge >= 0.3 is 0 Å². The minimum Gasteiger partial charge on any atom is -0.359 e. The molecule has 0 aromatic carbocycles. The molecule has 2 aliphatic rings. The van der Waals surface area contributed by atoms with Gasteiger partial charge in [-0.25, -0.2) is 0 Å². The summed E-state index contributed by atoms with van der Waals surface area (Å²) in [4.78, 5) is 7.65. The number of hydrogen-bond donors (Lipinski definition) is 2. The number of H-pyrrole nitrogens is 1. The van der Waals surface area contributed by atoms with Crippen molar-refractivity contribution in [2.45, 2.75) is 50.6 Å². The van der Waals surface area contributed by atoms with Crippen LogP contribution in [0, 0.1) is 5.92 Å². The van der Waals surface area contributed by atoms with Gasteiger partial charge in [-0.15, -0.1) is 0 Å². The van der Waals surface area contributed by atoms with Crippen LogP contribution in [-0.2, 0) is 0 Å². The Kier molecular flexibility index (Phi) is 3.07. The Balaban J connectivity index is 1.50. The number of nitrogens with one attached hydrogen (secondary N) is 2. The zero-order valence-corrected chi connectivity index (χ0v) is 11.5. The lowest BCUT2D eigenvalue weighted by atomic mass is 9.78. The number of piperidine rings is 1.